The van der Waals surface area contributed by atoms with E-state index in [1.165, 1.54) is 6.42 Å². The lowest BCUT2D eigenvalue weighted by Gasteiger charge is -2.31. The van der Waals surface area contributed by atoms with Crippen LogP contribution < -0.4 is 0 Å². The summed E-state index contributed by atoms with van der Waals surface area (Å²) in [5.41, 5.74) is -4.43. The zero-order chi connectivity index (χ0) is 11.0. The third-order valence-corrected chi connectivity index (χ3v) is 2.42. The Kier molecular flexibility index (Phi) is 3.02. The number of halogens is 6. The average Bonchev–Trinajstić information content (AvgIpc) is 2.52. The Morgan fingerprint density at radius 2 is 1.71 bits per heavy atom. The van der Waals surface area contributed by atoms with Crippen molar-refractivity contribution < 1.29 is 26.3 Å². The number of rotatable bonds is 2. The van der Waals surface area contributed by atoms with Crippen LogP contribution in [0.25, 0.3) is 0 Å². The van der Waals surface area contributed by atoms with Gasteiger partial charge in [0, 0.05) is 5.92 Å². The van der Waals surface area contributed by atoms with Crippen LogP contribution in [0.3, 0.4) is 0 Å². The topological polar surface area (TPSA) is 0 Å². The smallest absolute Gasteiger partial charge is 0.226 e. The molecule has 2 radical (unpaired) electrons. The fourth-order valence-corrected chi connectivity index (χ4v) is 1.61. The van der Waals surface area contributed by atoms with E-state index < -0.39 is 24.2 Å². The van der Waals surface area contributed by atoms with Crippen molar-refractivity contribution in [3.63, 3.8) is 0 Å². The second-order valence-corrected chi connectivity index (χ2v) is 3.27. The Morgan fingerprint density at radius 3 is 2.00 bits per heavy atom. The summed E-state index contributed by atoms with van der Waals surface area (Å²) in [6.45, 7) is 0. The Hall–Kier alpha value is -0.420. The van der Waals surface area contributed by atoms with Crippen molar-refractivity contribution in [2.75, 3.05) is 0 Å². The zero-order valence-electron chi connectivity index (χ0n) is 7.04. The van der Waals surface area contributed by atoms with Gasteiger partial charge < -0.3 is 0 Å². The van der Waals surface area contributed by atoms with E-state index >= 15 is 0 Å². The van der Waals surface area contributed by atoms with Crippen LogP contribution in [0.2, 0.25) is 0 Å². The van der Waals surface area contributed by atoms with Gasteiger partial charge in [-0.2, -0.15) is 22.0 Å². The first-order valence-electron chi connectivity index (χ1n) is 4.06. The monoisotopic (exact) mass is 218 g/mol. The van der Waals surface area contributed by atoms with Gasteiger partial charge in [-0.25, -0.2) is 4.39 Å². The summed E-state index contributed by atoms with van der Waals surface area (Å²) < 4.78 is 73.6. The molecule has 0 aromatic rings. The molecule has 1 aliphatic rings. The highest BCUT2D eigenvalue weighted by Crippen LogP contribution is 2.52. The normalized spacial score (nSPS) is 24.2. The van der Waals surface area contributed by atoms with Crippen molar-refractivity contribution in [3.05, 3.63) is 12.8 Å². The molecule has 2 unspecified atom stereocenters. The minimum atomic E-state index is -5.53. The van der Waals surface area contributed by atoms with Crippen molar-refractivity contribution in [2.45, 2.75) is 31.1 Å². The minimum absolute atomic E-state index is 0.187. The molecule has 0 aliphatic heterocycles. The largest absolute Gasteiger partial charge is 0.429 e. The first kappa shape index (κ1) is 11.7. The van der Waals surface area contributed by atoms with Crippen LogP contribution in [0, 0.1) is 18.8 Å². The van der Waals surface area contributed by atoms with Crippen LogP contribution in [0.5, 0.6) is 0 Å². The summed E-state index contributed by atoms with van der Waals surface area (Å²) in [4.78, 5) is 0. The fraction of sp³-hybridized carbons (Fsp3) is 0.750. The molecule has 0 nitrogen and oxygen atoms in total. The zero-order valence-corrected chi connectivity index (χ0v) is 7.04. The van der Waals surface area contributed by atoms with Gasteiger partial charge in [0.15, 0.2) is 0 Å². The first-order valence-corrected chi connectivity index (χ1v) is 4.06. The summed E-state index contributed by atoms with van der Waals surface area (Å²) >= 11 is 0. The van der Waals surface area contributed by atoms with Gasteiger partial charge in [-0.05, 0) is 25.7 Å². The van der Waals surface area contributed by atoms with Gasteiger partial charge in [0.05, 0.1) is 0 Å². The summed E-state index contributed by atoms with van der Waals surface area (Å²) in [5, 5.41) is 0. The maximum absolute atomic E-state index is 13.2. The van der Waals surface area contributed by atoms with E-state index in [1.807, 2.05) is 0 Å². The second-order valence-electron chi connectivity index (χ2n) is 3.27. The molecule has 0 bridgehead atoms. The molecule has 82 valence electrons. The highest BCUT2D eigenvalue weighted by molar-refractivity contribution is 5.07. The van der Waals surface area contributed by atoms with Gasteiger partial charge in [-0.15, -0.1) is 0 Å². The molecular weight excluding hydrogens is 210 g/mol. The van der Waals surface area contributed by atoms with Crippen molar-refractivity contribution >= 4 is 0 Å². The maximum Gasteiger partial charge on any atom is 0.429 e. The molecule has 14 heavy (non-hydrogen) atoms. The first-order chi connectivity index (χ1) is 6.30. The van der Waals surface area contributed by atoms with Gasteiger partial charge in [0.2, 0.25) is 0 Å². The number of hydrogen-bond donors (Lipinski definition) is 0. The van der Waals surface area contributed by atoms with Crippen LogP contribution in [0.1, 0.15) is 19.3 Å². The van der Waals surface area contributed by atoms with Gasteiger partial charge in [-0.1, -0.05) is 0 Å². The fourth-order valence-electron chi connectivity index (χ4n) is 1.61. The van der Waals surface area contributed by atoms with Crippen molar-refractivity contribution in [3.8, 4) is 0 Å². The van der Waals surface area contributed by atoms with E-state index in [9.17, 15) is 26.3 Å². The molecule has 1 fully saturated rings. The predicted octanol–water partition coefficient (Wildman–Crippen LogP) is 3.69. The molecule has 1 saturated carbocycles. The maximum atomic E-state index is 13.2. The van der Waals surface area contributed by atoms with Crippen LogP contribution in [0.15, 0.2) is 0 Å². The predicted molar refractivity (Wildman–Crippen MR) is 37.0 cm³/mol. The summed E-state index contributed by atoms with van der Waals surface area (Å²) in [6, 6.07) is 0. The lowest BCUT2D eigenvalue weighted by molar-refractivity contribution is -0.260. The lowest BCUT2D eigenvalue weighted by Crippen LogP contribution is -2.49. The molecule has 1 rings (SSSR count). The molecule has 6 heteroatoms. The molecule has 2 atom stereocenters. The quantitative estimate of drug-likeness (QED) is 0.620. The number of alkyl halides is 4. The Morgan fingerprint density at radius 1 is 1.14 bits per heavy atom. The standard InChI is InChI=1S/C8H8F6/c9-6(10)7(11,8(12,13)14)5-3-1-2-4-5/h1,5H,2-4H2. The van der Waals surface area contributed by atoms with Crippen LogP contribution in [-0.2, 0) is 0 Å². The highest BCUT2D eigenvalue weighted by atomic mass is 19.4. The molecule has 0 spiro atoms. The van der Waals surface area contributed by atoms with Crippen molar-refractivity contribution in [1.29, 1.82) is 0 Å². The van der Waals surface area contributed by atoms with Crippen molar-refractivity contribution in [2.24, 2.45) is 5.92 Å². The molecule has 1 aliphatic carbocycles. The average molecular weight is 218 g/mol. The van der Waals surface area contributed by atoms with Crippen LogP contribution in [-0.4, -0.2) is 11.8 Å². The SMILES string of the molecule is F[C](F)C(F)(C1C[CH]CC1)C(F)(F)F. The third kappa shape index (κ3) is 1.70. The second kappa shape index (κ2) is 3.62. The Labute approximate surface area is 77.3 Å². The molecule has 0 N–H and O–H groups in total. The van der Waals surface area contributed by atoms with E-state index in [1.54, 1.807) is 0 Å². The molecule has 0 aromatic heterocycles. The number of hydrogen-bond acceptors (Lipinski definition) is 0. The molecule has 0 heterocycles. The van der Waals surface area contributed by atoms with E-state index in [0.29, 0.717) is 0 Å². The van der Waals surface area contributed by atoms with Gasteiger partial charge >= 0.3 is 12.6 Å². The van der Waals surface area contributed by atoms with E-state index in [-0.39, 0.29) is 19.3 Å². The third-order valence-electron chi connectivity index (χ3n) is 2.42. The Balaban J connectivity index is 2.91. The van der Waals surface area contributed by atoms with Gasteiger partial charge in [0.25, 0.3) is 5.67 Å². The van der Waals surface area contributed by atoms with Crippen LogP contribution in [0.4, 0.5) is 26.3 Å². The summed E-state index contributed by atoms with van der Waals surface area (Å²) in [6.07, 6.45) is -7.52. The van der Waals surface area contributed by atoms with Gasteiger partial charge in [-0.3, -0.25) is 0 Å². The van der Waals surface area contributed by atoms with E-state index in [2.05, 4.69) is 0 Å². The highest BCUT2D eigenvalue weighted by Gasteiger charge is 2.68. The van der Waals surface area contributed by atoms with E-state index in [4.69, 9.17) is 0 Å². The van der Waals surface area contributed by atoms with E-state index in [0.717, 1.165) is 0 Å². The summed E-state index contributed by atoms with van der Waals surface area (Å²) in [5.74, 6) is -1.67. The van der Waals surface area contributed by atoms with Gasteiger partial charge in [0.1, 0.15) is 0 Å². The molecular formula is C8H8F6. The van der Waals surface area contributed by atoms with Crippen LogP contribution >= 0.6 is 0 Å². The molecule has 0 saturated heterocycles. The minimum Gasteiger partial charge on any atom is -0.226 e. The molecule has 0 amide bonds. The lowest BCUT2D eigenvalue weighted by atomic mass is 9.87. The Bertz CT molecular complexity index is 192. The van der Waals surface area contributed by atoms with Crippen molar-refractivity contribution in [1.82, 2.24) is 0 Å². The molecule has 0 aromatic carbocycles. The summed E-state index contributed by atoms with van der Waals surface area (Å²) in [7, 11) is 0.